The number of halogens is 1. The average Bonchev–Trinajstić information content (AvgIpc) is 2.93. The van der Waals surface area contributed by atoms with Crippen molar-refractivity contribution in [2.24, 2.45) is 0 Å². The van der Waals surface area contributed by atoms with E-state index in [2.05, 4.69) is 21.2 Å². The summed E-state index contributed by atoms with van der Waals surface area (Å²) < 4.78 is 34.8. The van der Waals surface area contributed by atoms with E-state index in [1.54, 1.807) is 43.3 Å². The molecular formula is C29H34BrN3O5S. The number of sulfonamides is 1. The molecule has 3 aromatic rings. The van der Waals surface area contributed by atoms with Gasteiger partial charge >= 0.3 is 0 Å². The number of rotatable bonds is 12. The lowest BCUT2D eigenvalue weighted by Crippen LogP contribution is -2.51. The van der Waals surface area contributed by atoms with Crippen molar-refractivity contribution < 1.29 is 22.7 Å². The molecule has 0 aliphatic heterocycles. The molecule has 0 radical (unpaired) electrons. The number of nitrogens with one attached hydrogen (secondary N) is 1. The van der Waals surface area contributed by atoms with E-state index in [0.717, 1.165) is 26.3 Å². The van der Waals surface area contributed by atoms with Crippen molar-refractivity contribution in [1.82, 2.24) is 10.2 Å². The summed E-state index contributed by atoms with van der Waals surface area (Å²) in [6.45, 7) is 5.60. The summed E-state index contributed by atoms with van der Waals surface area (Å²) in [5, 5.41) is 2.84. The molecule has 39 heavy (non-hydrogen) atoms. The zero-order valence-electron chi connectivity index (χ0n) is 22.6. The number of aryl methyl sites for hydroxylation is 1. The van der Waals surface area contributed by atoms with Crippen molar-refractivity contribution in [3.63, 3.8) is 0 Å². The number of carbonyl (C=O) groups excluding carboxylic acids is 2. The van der Waals surface area contributed by atoms with Crippen molar-refractivity contribution in [3.05, 3.63) is 88.4 Å². The highest BCUT2D eigenvalue weighted by atomic mass is 79.9. The van der Waals surface area contributed by atoms with Crippen LogP contribution in [-0.2, 0) is 26.2 Å². The third-order valence-electron chi connectivity index (χ3n) is 6.21. The lowest BCUT2D eigenvalue weighted by atomic mass is 10.1. The van der Waals surface area contributed by atoms with Gasteiger partial charge in [0.1, 0.15) is 18.3 Å². The number of ether oxygens (including phenoxy) is 1. The van der Waals surface area contributed by atoms with E-state index in [-0.39, 0.29) is 17.3 Å². The van der Waals surface area contributed by atoms with Crippen molar-refractivity contribution in [1.29, 1.82) is 0 Å². The van der Waals surface area contributed by atoms with Gasteiger partial charge in [-0.1, -0.05) is 52.7 Å². The van der Waals surface area contributed by atoms with Gasteiger partial charge in [-0.05, 0) is 74.4 Å². The third kappa shape index (κ3) is 7.83. The van der Waals surface area contributed by atoms with Gasteiger partial charge in [0.05, 0.1) is 17.7 Å². The Balaban J connectivity index is 2.01. The number of carbonyl (C=O) groups is 2. The van der Waals surface area contributed by atoms with Crippen LogP contribution < -0.4 is 14.4 Å². The van der Waals surface area contributed by atoms with Gasteiger partial charge in [0, 0.05) is 17.6 Å². The minimum absolute atomic E-state index is 0.0175. The molecule has 0 aromatic heterocycles. The largest absolute Gasteiger partial charge is 0.497 e. The van der Waals surface area contributed by atoms with Gasteiger partial charge in [-0.2, -0.15) is 0 Å². The van der Waals surface area contributed by atoms with Gasteiger partial charge in [0.25, 0.3) is 10.0 Å². The topological polar surface area (TPSA) is 96.0 Å². The fourth-order valence-corrected chi connectivity index (χ4v) is 5.79. The maximum atomic E-state index is 13.9. The minimum atomic E-state index is -4.14. The van der Waals surface area contributed by atoms with Gasteiger partial charge in [-0.15, -0.1) is 0 Å². The first kappa shape index (κ1) is 30.2. The maximum absolute atomic E-state index is 13.9. The summed E-state index contributed by atoms with van der Waals surface area (Å²) in [4.78, 5) is 28.2. The van der Waals surface area contributed by atoms with Crippen molar-refractivity contribution in [3.8, 4) is 5.75 Å². The highest BCUT2D eigenvalue weighted by molar-refractivity contribution is 9.10. The predicted molar refractivity (Wildman–Crippen MR) is 156 cm³/mol. The summed E-state index contributed by atoms with van der Waals surface area (Å²) in [5.74, 6) is -0.300. The number of anilines is 1. The van der Waals surface area contributed by atoms with Crippen LogP contribution in [-0.4, -0.2) is 51.4 Å². The fourth-order valence-electron chi connectivity index (χ4n) is 3.93. The van der Waals surface area contributed by atoms with E-state index in [1.807, 2.05) is 38.1 Å². The molecular weight excluding hydrogens is 582 g/mol. The van der Waals surface area contributed by atoms with Crippen LogP contribution in [0.1, 0.15) is 31.4 Å². The predicted octanol–water partition coefficient (Wildman–Crippen LogP) is 4.90. The van der Waals surface area contributed by atoms with Crippen molar-refractivity contribution in [2.45, 2.75) is 44.7 Å². The molecule has 1 N–H and O–H groups in total. The van der Waals surface area contributed by atoms with Crippen LogP contribution >= 0.6 is 15.9 Å². The first-order valence-corrected chi connectivity index (χ1v) is 14.8. The maximum Gasteiger partial charge on any atom is 0.264 e. The second-order valence-corrected chi connectivity index (χ2v) is 11.9. The Bertz CT molecular complexity index is 1380. The van der Waals surface area contributed by atoms with Crippen LogP contribution in [0.4, 0.5) is 5.69 Å². The molecule has 208 valence electrons. The molecule has 2 amide bonds. The number of nitrogens with zero attached hydrogens (tertiary/aromatic N) is 2. The second kappa shape index (κ2) is 13.6. The summed E-state index contributed by atoms with van der Waals surface area (Å²) >= 11 is 3.45. The van der Waals surface area contributed by atoms with E-state index >= 15 is 0 Å². The van der Waals surface area contributed by atoms with E-state index < -0.39 is 28.5 Å². The molecule has 0 saturated heterocycles. The zero-order chi connectivity index (χ0) is 28.6. The molecule has 0 aliphatic rings. The summed E-state index contributed by atoms with van der Waals surface area (Å²) in [5.41, 5.74) is 2.09. The van der Waals surface area contributed by atoms with Crippen molar-refractivity contribution >= 4 is 43.5 Å². The minimum Gasteiger partial charge on any atom is -0.497 e. The third-order valence-corrected chi connectivity index (χ3v) is 8.49. The molecule has 10 heteroatoms. The monoisotopic (exact) mass is 615 g/mol. The lowest BCUT2D eigenvalue weighted by Gasteiger charge is -2.32. The Morgan fingerprint density at radius 2 is 1.69 bits per heavy atom. The molecule has 1 unspecified atom stereocenters. The number of amides is 2. The number of hydrogen-bond acceptors (Lipinski definition) is 5. The van der Waals surface area contributed by atoms with Crippen LogP contribution in [0.2, 0.25) is 0 Å². The Labute approximate surface area is 239 Å². The highest BCUT2D eigenvalue weighted by Gasteiger charge is 2.32. The number of methoxy groups -OCH3 is 1. The normalized spacial score (nSPS) is 11.9. The molecule has 0 fully saturated rings. The van der Waals surface area contributed by atoms with E-state index in [0.29, 0.717) is 18.0 Å². The van der Waals surface area contributed by atoms with Gasteiger partial charge < -0.3 is 15.0 Å². The molecule has 0 heterocycles. The molecule has 0 aliphatic carbocycles. The second-order valence-electron chi connectivity index (χ2n) is 9.14. The highest BCUT2D eigenvalue weighted by Crippen LogP contribution is 2.26. The van der Waals surface area contributed by atoms with Crippen molar-refractivity contribution in [2.75, 3.05) is 24.5 Å². The standard InChI is InChI=1S/C29H34BrN3O5S/c1-5-17-31-29(35)22(3)32(19-23-7-6-8-24(30)18-23)28(34)20-33(25-11-9-21(2)10-12-25)39(36,37)27-15-13-26(38-4)14-16-27/h6-16,18,22H,5,17,19-20H2,1-4H3,(H,31,35). The molecule has 0 bridgehead atoms. The summed E-state index contributed by atoms with van der Waals surface area (Å²) in [6, 6.07) is 19.5. The van der Waals surface area contributed by atoms with E-state index in [1.165, 1.54) is 24.1 Å². The molecule has 1 atom stereocenters. The summed E-state index contributed by atoms with van der Waals surface area (Å²) in [7, 11) is -2.64. The molecule has 0 saturated carbocycles. The van der Waals surface area contributed by atoms with Crippen LogP contribution in [0, 0.1) is 6.92 Å². The quantitative estimate of drug-likeness (QED) is 0.312. The van der Waals surface area contributed by atoms with Gasteiger partial charge in [0.2, 0.25) is 11.8 Å². The van der Waals surface area contributed by atoms with E-state index in [4.69, 9.17) is 4.74 Å². The van der Waals surface area contributed by atoms with E-state index in [9.17, 15) is 18.0 Å². The Hall–Kier alpha value is -3.37. The van der Waals surface area contributed by atoms with Crippen LogP contribution in [0.5, 0.6) is 5.75 Å². The molecule has 8 nitrogen and oxygen atoms in total. The first-order chi connectivity index (χ1) is 18.6. The lowest BCUT2D eigenvalue weighted by molar-refractivity contribution is -0.139. The van der Waals surface area contributed by atoms with Gasteiger partial charge in [0.15, 0.2) is 0 Å². The number of hydrogen-bond donors (Lipinski definition) is 1. The van der Waals surface area contributed by atoms with Crippen LogP contribution in [0.25, 0.3) is 0 Å². The Morgan fingerprint density at radius 3 is 2.28 bits per heavy atom. The fraction of sp³-hybridized carbons (Fsp3) is 0.310. The molecule has 0 spiro atoms. The first-order valence-electron chi connectivity index (χ1n) is 12.6. The van der Waals surface area contributed by atoms with Gasteiger partial charge in [-0.25, -0.2) is 8.42 Å². The average molecular weight is 617 g/mol. The Morgan fingerprint density at radius 1 is 1.03 bits per heavy atom. The molecule has 3 aromatic carbocycles. The SMILES string of the molecule is CCCNC(=O)C(C)N(Cc1cccc(Br)c1)C(=O)CN(c1ccc(C)cc1)S(=O)(=O)c1ccc(OC)cc1. The smallest absolute Gasteiger partial charge is 0.264 e. The van der Waals surface area contributed by atoms with Gasteiger partial charge in [-0.3, -0.25) is 13.9 Å². The summed E-state index contributed by atoms with van der Waals surface area (Å²) in [6.07, 6.45) is 0.749. The number of benzene rings is 3. The van der Waals surface area contributed by atoms with Crippen LogP contribution in [0.3, 0.4) is 0 Å². The molecule has 3 rings (SSSR count). The Kier molecular flexibility index (Phi) is 10.5. The zero-order valence-corrected chi connectivity index (χ0v) is 25.0. The van der Waals surface area contributed by atoms with Crippen LogP contribution in [0.15, 0.2) is 82.2 Å².